The average molecular weight is 328 g/mol. The number of amides is 2. The summed E-state index contributed by atoms with van der Waals surface area (Å²) in [6, 6.07) is 10.2. The van der Waals surface area contributed by atoms with E-state index in [-0.39, 0.29) is 18.2 Å². The number of hydrogen-bond donors (Lipinski definition) is 2. The Balaban J connectivity index is 1.39. The van der Waals surface area contributed by atoms with Crippen molar-refractivity contribution in [1.82, 2.24) is 20.4 Å². The summed E-state index contributed by atoms with van der Waals surface area (Å²) in [6.07, 6.45) is 7.67. The molecule has 0 unspecified atom stereocenters. The molecule has 2 N–H and O–H groups in total. The number of ether oxygens (including phenoxy) is 1. The van der Waals surface area contributed by atoms with Gasteiger partial charge in [-0.25, -0.2) is 9.48 Å². The molecule has 3 rings (SSSR count). The Morgan fingerprint density at radius 2 is 2.17 bits per heavy atom. The highest BCUT2D eigenvalue weighted by molar-refractivity contribution is 5.74. The topological polar surface area (TPSA) is 68.2 Å². The number of methoxy groups -OCH3 is 1. The van der Waals surface area contributed by atoms with Crippen LogP contribution in [-0.4, -0.2) is 41.6 Å². The highest BCUT2D eigenvalue weighted by atomic mass is 16.5. The van der Waals surface area contributed by atoms with Gasteiger partial charge in [-0.15, -0.1) is 0 Å². The lowest BCUT2D eigenvalue weighted by Gasteiger charge is -2.14. The zero-order chi connectivity index (χ0) is 16.8. The number of hydrogen-bond acceptors (Lipinski definition) is 3. The Bertz CT molecular complexity index is 640. The van der Waals surface area contributed by atoms with Gasteiger partial charge >= 0.3 is 6.03 Å². The number of rotatable bonds is 6. The predicted octanol–water partition coefficient (Wildman–Crippen LogP) is 2.28. The second-order valence-electron chi connectivity index (χ2n) is 6.14. The van der Waals surface area contributed by atoms with Gasteiger partial charge in [-0.3, -0.25) is 0 Å². The Hall–Kier alpha value is -2.34. The van der Waals surface area contributed by atoms with Crippen LogP contribution in [0.3, 0.4) is 0 Å². The van der Waals surface area contributed by atoms with Crippen LogP contribution < -0.4 is 10.6 Å². The summed E-state index contributed by atoms with van der Waals surface area (Å²) in [5, 5.41) is 10.1. The third kappa shape index (κ3) is 4.35. The molecule has 0 radical (unpaired) electrons. The van der Waals surface area contributed by atoms with Crippen LogP contribution in [-0.2, 0) is 11.2 Å². The molecule has 0 bridgehead atoms. The average Bonchev–Trinajstić information content (AvgIpc) is 3.27. The van der Waals surface area contributed by atoms with Crippen LogP contribution in [0.15, 0.2) is 42.7 Å². The standard InChI is InChI=1S/C18H24N4O2/c1-24-17-8-5-15(13-17)21-18(23)19-11-9-14-3-6-16(7-4-14)22-12-2-10-20-22/h2-4,6-7,10,12,15,17H,5,8-9,11,13H2,1H3,(H2,19,21,23)/t15-,17+/m1/s1. The molecule has 24 heavy (non-hydrogen) atoms. The van der Waals surface area contributed by atoms with Crippen molar-refractivity contribution in [3.05, 3.63) is 48.3 Å². The molecule has 2 atom stereocenters. The van der Waals surface area contributed by atoms with Gasteiger partial charge in [-0.1, -0.05) is 12.1 Å². The molecule has 2 amide bonds. The molecule has 0 aliphatic heterocycles. The van der Waals surface area contributed by atoms with E-state index in [0.717, 1.165) is 31.4 Å². The lowest BCUT2D eigenvalue weighted by molar-refractivity contribution is 0.107. The van der Waals surface area contributed by atoms with Gasteiger partial charge in [0, 0.05) is 32.1 Å². The van der Waals surface area contributed by atoms with Crippen molar-refractivity contribution >= 4 is 6.03 Å². The lowest BCUT2D eigenvalue weighted by Crippen LogP contribution is -2.41. The van der Waals surface area contributed by atoms with E-state index in [1.807, 2.05) is 29.1 Å². The molecule has 1 aliphatic rings. The third-order valence-electron chi connectivity index (χ3n) is 4.46. The summed E-state index contributed by atoms with van der Waals surface area (Å²) in [5.41, 5.74) is 2.22. The van der Waals surface area contributed by atoms with E-state index in [9.17, 15) is 4.79 Å². The molecule has 0 saturated heterocycles. The Kier molecular flexibility index (Phi) is 5.48. The number of carbonyl (C=O) groups excluding carboxylic acids is 1. The zero-order valence-electron chi connectivity index (χ0n) is 13.9. The van der Waals surface area contributed by atoms with E-state index >= 15 is 0 Å². The smallest absolute Gasteiger partial charge is 0.315 e. The second-order valence-corrected chi connectivity index (χ2v) is 6.14. The van der Waals surface area contributed by atoms with Crippen LogP contribution in [0.2, 0.25) is 0 Å². The fourth-order valence-electron chi connectivity index (χ4n) is 3.08. The molecule has 1 fully saturated rings. The van der Waals surface area contributed by atoms with E-state index in [2.05, 4.69) is 27.9 Å². The van der Waals surface area contributed by atoms with Gasteiger partial charge in [0.25, 0.3) is 0 Å². The first-order chi connectivity index (χ1) is 11.7. The number of carbonyl (C=O) groups is 1. The van der Waals surface area contributed by atoms with Gasteiger partial charge in [-0.05, 0) is 49.4 Å². The molecular weight excluding hydrogens is 304 g/mol. The fraction of sp³-hybridized carbons (Fsp3) is 0.444. The van der Waals surface area contributed by atoms with Crippen LogP contribution >= 0.6 is 0 Å². The lowest BCUT2D eigenvalue weighted by atomic mass is 10.1. The minimum absolute atomic E-state index is 0.0927. The maximum Gasteiger partial charge on any atom is 0.315 e. The normalized spacial score (nSPS) is 20.0. The van der Waals surface area contributed by atoms with Gasteiger partial charge in [0.1, 0.15) is 0 Å². The molecule has 1 aromatic carbocycles. The third-order valence-corrected chi connectivity index (χ3v) is 4.46. The molecule has 128 valence electrons. The molecule has 6 heteroatoms. The first-order valence-electron chi connectivity index (χ1n) is 8.40. The minimum Gasteiger partial charge on any atom is -0.381 e. The zero-order valence-corrected chi connectivity index (χ0v) is 13.9. The van der Waals surface area contributed by atoms with E-state index in [1.54, 1.807) is 13.3 Å². The van der Waals surface area contributed by atoms with Crippen LogP contribution in [0, 0.1) is 0 Å². The molecule has 1 aromatic heterocycles. The van der Waals surface area contributed by atoms with Gasteiger partial charge < -0.3 is 15.4 Å². The van der Waals surface area contributed by atoms with Gasteiger partial charge in [-0.2, -0.15) is 5.10 Å². The Labute approximate surface area is 142 Å². The second kappa shape index (κ2) is 7.97. The van der Waals surface area contributed by atoms with Gasteiger partial charge in [0.05, 0.1) is 11.8 Å². The molecule has 1 aliphatic carbocycles. The van der Waals surface area contributed by atoms with Crippen LogP contribution in [0.25, 0.3) is 5.69 Å². The predicted molar refractivity (Wildman–Crippen MR) is 92.2 cm³/mol. The maximum absolute atomic E-state index is 11.9. The summed E-state index contributed by atoms with van der Waals surface area (Å²) in [4.78, 5) is 11.9. The van der Waals surface area contributed by atoms with E-state index in [4.69, 9.17) is 4.74 Å². The summed E-state index contributed by atoms with van der Waals surface area (Å²) >= 11 is 0. The quantitative estimate of drug-likeness (QED) is 0.855. The molecule has 6 nitrogen and oxygen atoms in total. The maximum atomic E-state index is 11.9. The molecular formula is C18H24N4O2. The van der Waals surface area contributed by atoms with E-state index in [1.165, 1.54) is 5.56 Å². The number of benzene rings is 1. The Morgan fingerprint density at radius 1 is 1.33 bits per heavy atom. The van der Waals surface area contributed by atoms with Gasteiger partial charge in [0.15, 0.2) is 0 Å². The largest absolute Gasteiger partial charge is 0.381 e. The van der Waals surface area contributed by atoms with Crippen LogP contribution in [0.4, 0.5) is 4.79 Å². The summed E-state index contributed by atoms with van der Waals surface area (Å²) in [7, 11) is 1.73. The van der Waals surface area contributed by atoms with Crippen molar-refractivity contribution in [3.63, 3.8) is 0 Å². The molecule has 0 spiro atoms. The molecule has 1 saturated carbocycles. The summed E-state index contributed by atoms with van der Waals surface area (Å²) in [6.45, 7) is 0.618. The summed E-state index contributed by atoms with van der Waals surface area (Å²) in [5.74, 6) is 0. The fourth-order valence-corrected chi connectivity index (χ4v) is 3.08. The molecule has 2 aromatic rings. The molecule has 1 heterocycles. The highest BCUT2D eigenvalue weighted by Gasteiger charge is 2.25. The van der Waals surface area contributed by atoms with Crippen molar-refractivity contribution in [2.24, 2.45) is 0 Å². The van der Waals surface area contributed by atoms with Crippen molar-refractivity contribution in [2.75, 3.05) is 13.7 Å². The monoisotopic (exact) mass is 328 g/mol. The SMILES string of the molecule is CO[C@H]1CC[C@@H](NC(=O)NCCc2ccc(-n3cccn3)cc2)C1. The minimum atomic E-state index is -0.0927. The first-order valence-corrected chi connectivity index (χ1v) is 8.40. The number of aromatic nitrogens is 2. The number of nitrogens with zero attached hydrogens (tertiary/aromatic N) is 2. The van der Waals surface area contributed by atoms with Crippen molar-refractivity contribution < 1.29 is 9.53 Å². The Morgan fingerprint density at radius 3 is 2.83 bits per heavy atom. The van der Waals surface area contributed by atoms with E-state index < -0.39 is 0 Å². The summed E-state index contributed by atoms with van der Waals surface area (Å²) < 4.78 is 7.14. The number of nitrogens with one attached hydrogen (secondary N) is 2. The van der Waals surface area contributed by atoms with Crippen molar-refractivity contribution in [3.8, 4) is 5.69 Å². The highest BCUT2D eigenvalue weighted by Crippen LogP contribution is 2.21. The van der Waals surface area contributed by atoms with Crippen LogP contribution in [0.5, 0.6) is 0 Å². The van der Waals surface area contributed by atoms with Gasteiger partial charge in [0.2, 0.25) is 0 Å². The van der Waals surface area contributed by atoms with Crippen molar-refractivity contribution in [1.29, 1.82) is 0 Å². The van der Waals surface area contributed by atoms with Crippen molar-refractivity contribution in [2.45, 2.75) is 37.8 Å². The number of urea groups is 1. The first kappa shape index (κ1) is 16.5. The van der Waals surface area contributed by atoms with E-state index in [0.29, 0.717) is 6.54 Å². The van der Waals surface area contributed by atoms with Crippen LogP contribution in [0.1, 0.15) is 24.8 Å².